The minimum atomic E-state index is -1.01. The Morgan fingerprint density at radius 1 is 1.15 bits per heavy atom. The quantitative estimate of drug-likeness (QED) is 0.203. The number of nitrogens with zero attached hydrogens (tertiary/aromatic N) is 2. The smallest absolute Gasteiger partial charge is 0.336 e. The van der Waals surface area contributed by atoms with Gasteiger partial charge in [-0.1, -0.05) is 32.0 Å². The minimum absolute atomic E-state index is 0.0115. The van der Waals surface area contributed by atoms with Crippen LogP contribution < -0.4 is 0 Å². The number of esters is 2. The van der Waals surface area contributed by atoms with Crippen molar-refractivity contribution in [2.24, 2.45) is 10.9 Å². The number of para-hydroxylation sites is 1. The number of nitro benzene ring substituents is 1. The van der Waals surface area contributed by atoms with E-state index < -0.39 is 28.7 Å². The molecule has 1 aliphatic rings. The molecule has 2 rings (SSSR count). The predicted molar refractivity (Wildman–Crippen MR) is 127 cm³/mol. The molecule has 1 aliphatic heterocycles. The van der Waals surface area contributed by atoms with E-state index in [1.807, 2.05) is 13.8 Å². The lowest BCUT2D eigenvalue weighted by Crippen LogP contribution is -2.37. The van der Waals surface area contributed by atoms with E-state index in [1.54, 1.807) is 37.7 Å². The highest BCUT2D eigenvalue weighted by Crippen LogP contribution is 2.43. The van der Waals surface area contributed by atoms with Gasteiger partial charge in [-0.25, -0.2) is 4.79 Å². The van der Waals surface area contributed by atoms with Crippen LogP contribution in [0.25, 0.3) is 0 Å². The Morgan fingerprint density at radius 3 is 2.48 bits per heavy atom. The van der Waals surface area contributed by atoms with Crippen molar-refractivity contribution in [3.05, 3.63) is 51.2 Å². The van der Waals surface area contributed by atoms with E-state index in [-0.39, 0.29) is 36.6 Å². The van der Waals surface area contributed by atoms with E-state index in [2.05, 4.69) is 4.99 Å². The summed E-state index contributed by atoms with van der Waals surface area (Å²) < 4.78 is 15.8. The molecule has 0 saturated heterocycles. The average Bonchev–Trinajstić information content (AvgIpc) is 2.75. The van der Waals surface area contributed by atoms with Crippen molar-refractivity contribution in [3.8, 4) is 0 Å². The Balaban J connectivity index is 2.50. The molecule has 0 aliphatic carbocycles. The minimum Gasteiger partial charge on any atom is -0.463 e. The Hall–Kier alpha value is -2.72. The van der Waals surface area contributed by atoms with E-state index in [9.17, 15) is 19.7 Å². The van der Waals surface area contributed by atoms with Gasteiger partial charge in [-0.05, 0) is 19.1 Å². The van der Waals surface area contributed by atoms with E-state index >= 15 is 0 Å². The van der Waals surface area contributed by atoms with Gasteiger partial charge in [-0.2, -0.15) is 11.8 Å². The summed E-state index contributed by atoms with van der Waals surface area (Å²) in [4.78, 5) is 41.9. The van der Waals surface area contributed by atoms with Crippen LogP contribution in [-0.4, -0.2) is 60.5 Å². The number of benzene rings is 1. The van der Waals surface area contributed by atoms with Crippen molar-refractivity contribution in [2.45, 2.75) is 38.9 Å². The molecule has 9 nitrogen and oxygen atoms in total. The molecule has 180 valence electrons. The maximum Gasteiger partial charge on any atom is 0.336 e. The topological polar surface area (TPSA) is 117 Å². The number of hydrogen-bond acceptors (Lipinski definition) is 9. The fourth-order valence-corrected chi connectivity index (χ4v) is 4.32. The number of allylic oxidation sites excluding steroid dienone is 1. The van der Waals surface area contributed by atoms with Crippen LogP contribution >= 0.6 is 11.8 Å². The van der Waals surface area contributed by atoms with Gasteiger partial charge in [0, 0.05) is 41.8 Å². The molecule has 0 radical (unpaired) electrons. The number of rotatable bonds is 11. The Kier molecular flexibility index (Phi) is 10.1. The number of carbonyl (C=O) groups is 2. The highest BCUT2D eigenvalue weighted by atomic mass is 32.2. The maximum atomic E-state index is 13.2. The molecule has 0 spiro atoms. The van der Waals surface area contributed by atoms with Gasteiger partial charge in [-0.3, -0.25) is 19.9 Å². The van der Waals surface area contributed by atoms with Crippen LogP contribution in [0.5, 0.6) is 0 Å². The molecule has 0 fully saturated rings. The fourth-order valence-electron chi connectivity index (χ4n) is 3.67. The molecule has 1 unspecified atom stereocenters. The lowest BCUT2D eigenvalue weighted by Gasteiger charge is -2.31. The number of thioether (sulfide) groups is 1. The molecule has 1 aromatic rings. The van der Waals surface area contributed by atoms with Gasteiger partial charge in [0.05, 0.1) is 17.1 Å². The predicted octanol–water partition coefficient (Wildman–Crippen LogP) is 3.92. The number of hydrogen-bond donors (Lipinski definition) is 0. The van der Waals surface area contributed by atoms with Crippen LogP contribution in [0.4, 0.5) is 5.69 Å². The van der Waals surface area contributed by atoms with Crippen molar-refractivity contribution in [1.82, 2.24) is 0 Å². The van der Waals surface area contributed by atoms with Gasteiger partial charge >= 0.3 is 11.9 Å². The third kappa shape index (κ3) is 6.88. The summed E-state index contributed by atoms with van der Waals surface area (Å²) in [5.41, 5.74) is 0.926. The summed E-state index contributed by atoms with van der Waals surface area (Å²) in [5.74, 6) is -2.66. The van der Waals surface area contributed by atoms with Gasteiger partial charge in [0.15, 0.2) is 0 Å². The van der Waals surface area contributed by atoms with Crippen molar-refractivity contribution in [3.63, 3.8) is 0 Å². The molecule has 33 heavy (non-hydrogen) atoms. The van der Waals surface area contributed by atoms with Crippen molar-refractivity contribution in [2.75, 3.05) is 32.7 Å². The first-order valence-electron chi connectivity index (χ1n) is 10.6. The zero-order valence-corrected chi connectivity index (χ0v) is 20.3. The Labute approximate surface area is 197 Å². The van der Waals surface area contributed by atoms with Crippen molar-refractivity contribution < 1.29 is 28.7 Å². The largest absolute Gasteiger partial charge is 0.463 e. The number of carbonyl (C=O) groups excluding carboxylic acids is 2. The van der Waals surface area contributed by atoms with E-state index in [4.69, 9.17) is 14.2 Å². The first-order valence-corrected chi connectivity index (χ1v) is 11.7. The third-order valence-corrected chi connectivity index (χ3v) is 6.14. The van der Waals surface area contributed by atoms with Gasteiger partial charge in [-0.15, -0.1) is 0 Å². The molecule has 1 aromatic carbocycles. The number of methoxy groups -OCH3 is 1. The first-order chi connectivity index (χ1) is 15.7. The van der Waals surface area contributed by atoms with E-state index in [0.29, 0.717) is 22.4 Å². The molecular weight excluding hydrogens is 448 g/mol. The summed E-state index contributed by atoms with van der Waals surface area (Å²) in [7, 11) is 1.48. The molecule has 0 saturated carbocycles. The summed E-state index contributed by atoms with van der Waals surface area (Å²) in [6.07, 6.45) is 0. The molecule has 2 atom stereocenters. The van der Waals surface area contributed by atoms with Crippen LogP contribution in [0.3, 0.4) is 0 Å². The standard InChI is InChI=1S/C23H30N2O7S/c1-14(2)33-13-12-32-23(27)20-16(4)24-15(3)19(22(26)31-11-10-30-5)21(20)17-8-6-7-9-18(17)25(28)29/h6-9,14,19,21H,10-13H2,1-5H3/t19?,21-/m1/s1. The molecule has 0 amide bonds. The Bertz CT molecular complexity index is 942. The highest BCUT2D eigenvalue weighted by molar-refractivity contribution is 7.99. The second kappa shape index (κ2) is 12.5. The second-order valence-electron chi connectivity index (χ2n) is 7.74. The summed E-state index contributed by atoms with van der Waals surface area (Å²) in [5, 5.41) is 12.2. The summed E-state index contributed by atoms with van der Waals surface area (Å²) in [6.45, 7) is 7.75. The fraction of sp³-hybridized carbons (Fsp3) is 0.522. The normalized spacial score (nSPS) is 18.2. The summed E-state index contributed by atoms with van der Waals surface area (Å²) >= 11 is 1.65. The van der Waals surface area contributed by atoms with Crippen molar-refractivity contribution in [1.29, 1.82) is 0 Å². The lowest BCUT2D eigenvalue weighted by molar-refractivity contribution is -0.385. The lowest BCUT2D eigenvalue weighted by atomic mass is 9.75. The molecule has 10 heteroatoms. The zero-order chi connectivity index (χ0) is 24.5. The van der Waals surface area contributed by atoms with Crippen LogP contribution in [0.2, 0.25) is 0 Å². The molecule has 1 heterocycles. The summed E-state index contributed by atoms with van der Waals surface area (Å²) in [6, 6.07) is 6.07. The number of nitro groups is 1. The Morgan fingerprint density at radius 2 is 1.85 bits per heavy atom. The van der Waals surface area contributed by atoms with Crippen LogP contribution in [0.15, 0.2) is 40.5 Å². The third-order valence-electron chi connectivity index (χ3n) is 5.07. The van der Waals surface area contributed by atoms with Crippen LogP contribution in [-0.2, 0) is 23.8 Å². The van der Waals surface area contributed by atoms with Gasteiger partial charge < -0.3 is 14.2 Å². The average molecular weight is 479 g/mol. The van der Waals surface area contributed by atoms with Crippen molar-refractivity contribution >= 4 is 35.1 Å². The second-order valence-corrected chi connectivity index (χ2v) is 9.42. The number of ether oxygens (including phenoxy) is 3. The molecule has 0 N–H and O–H groups in total. The van der Waals surface area contributed by atoms with E-state index in [0.717, 1.165) is 0 Å². The van der Waals surface area contributed by atoms with E-state index in [1.165, 1.54) is 19.2 Å². The number of aliphatic imine (C=N–C) groups is 1. The van der Waals surface area contributed by atoms with Crippen LogP contribution in [0, 0.1) is 16.0 Å². The van der Waals surface area contributed by atoms with Gasteiger partial charge in [0.25, 0.3) is 5.69 Å². The SMILES string of the molecule is COCCOC(=O)C1C(C)=NC(C)=C(C(=O)OCCSC(C)C)[C@@H]1c1ccccc1[N+](=O)[O-]. The van der Waals surface area contributed by atoms with Gasteiger partial charge in [0.2, 0.25) is 0 Å². The molecule has 0 aromatic heterocycles. The highest BCUT2D eigenvalue weighted by Gasteiger charge is 2.44. The van der Waals surface area contributed by atoms with Crippen LogP contribution in [0.1, 0.15) is 39.2 Å². The molecule has 0 bridgehead atoms. The zero-order valence-electron chi connectivity index (χ0n) is 19.5. The van der Waals surface area contributed by atoms with Gasteiger partial charge in [0.1, 0.15) is 19.1 Å². The maximum absolute atomic E-state index is 13.2. The first kappa shape index (κ1) is 26.5. The molecular formula is C23H30N2O7S. The monoisotopic (exact) mass is 478 g/mol.